The molecule has 3 aliphatic heterocycles. The lowest BCUT2D eigenvalue weighted by Crippen LogP contribution is -2.65. The van der Waals surface area contributed by atoms with Crippen molar-refractivity contribution in [3.63, 3.8) is 0 Å². The van der Waals surface area contributed by atoms with E-state index >= 15 is 4.39 Å². The molecule has 0 saturated carbocycles. The van der Waals surface area contributed by atoms with E-state index in [9.17, 15) is 0 Å². The fraction of sp³-hybridized carbons (Fsp3) is 0.455. The number of aryl methyl sites for hydroxylation is 1. The lowest BCUT2D eigenvalue weighted by molar-refractivity contribution is -0.0432. The Bertz CT molecular complexity index is 1230. The second kappa shape index (κ2) is 6.46. The molecule has 160 valence electrons. The van der Waals surface area contributed by atoms with Gasteiger partial charge in [-0.2, -0.15) is 0 Å². The van der Waals surface area contributed by atoms with Gasteiger partial charge >= 0.3 is 0 Å². The summed E-state index contributed by atoms with van der Waals surface area (Å²) >= 11 is 0. The van der Waals surface area contributed by atoms with Crippen LogP contribution >= 0.6 is 0 Å². The van der Waals surface area contributed by atoms with E-state index in [0.29, 0.717) is 42.1 Å². The highest BCUT2D eigenvalue weighted by Gasteiger charge is 2.52. The second-order valence-corrected chi connectivity index (χ2v) is 8.83. The molecule has 9 heteroatoms. The number of imidazole rings is 1. The number of benzene rings is 1. The zero-order valence-corrected chi connectivity index (χ0v) is 17.6. The zero-order valence-electron chi connectivity index (χ0n) is 17.6. The van der Waals surface area contributed by atoms with Crippen LogP contribution < -0.4 is 4.90 Å². The van der Waals surface area contributed by atoms with E-state index < -0.39 is 5.41 Å². The van der Waals surface area contributed by atoms with Crippen molar-refractivity contribution in [1.82, 2.24) is 14.7 Å². The lowest BCUT2D eigenvalue weighted by Gasteiger charge is -2.54. The van der Waals surface area contributed by atoms with Crippen molar-refractivity contribution >= 4 is 29.1 Å². The van der Waals surface area contributed by atoms with E-state index in [-0.39, 0.29) is 29.7 Å². The first kappa shape index (κ1) is 18.7. The molecule has 2 aromatic heterocycles. The Morgan fingerprint density at radius 3 is 2.77 bits per heavy atom. The monoisotopic (exact) mass is 422 g/mol. The van der Waals surface area contributed by atoms with E-state index in [1.54, 1.807) is 6.33 Å². The molecule has 0 bridgehead atoms. The molecule has 3 aromatic rings. The minimum Gasteiger partial charge on any atom is -0.372 e. The average Bonchev–Trinajstić information content (AvgIpc) is 3.34. The topological polar surface area (TPSA) is 81.0 Å². The summed E-state index contributed by atoms with van der Waals surface area (Å²) in [6.07, 6.45) is 7.94. The molecular weight excluding hydrogens is 399 g/mol. The minimum absolute atomic E-state index is 0.0272. The van der Waals surface area contributed by atoms with Gasteiger partial charge in [0.1, 0.15) is 18.1 Å². The van der Waals surface area contributed by atoms with Crippen LogP contribution in [0.3, 0.4) is 0 Å². The first-order valence-electron chi connectivity index (χ1n) is 10.5. The van der Waals surface area contributed by atoms with Crippen LogP contribution in [0.4, 0.5) is 10.1 Å². The van der Waals surface area contributed by atoms with Gasteiger partial charge in [-0.25, -0.2) is 9.37 Å². The fourth-order valence-electron chi connectivity index (χ4n) is 5.51. The summed E-state index contributed by atoms with van der Waals surface area (Å²) in [5.74, 6) is -0.381. The van der Waals surface area contributed by atoms with Crippen LogP contribution in [0.15, 0.2) is 33.1 Å². The summed E-state index contributed by atoms with van der Waals surface area (Å²) < 4.78 is 29.4. The number of anilines is 1. The van der Waals surface area contributed by atoms with Crippen LogP contribution in [0.5, 0.6) is 0 Å². The number of rotatable bonds is 1. The van der Waals surface area contributed by atoms with Crippen LogP contribution in [0.25, 0.3) is 22.4 Å². The largest absolute Gasteiger partial charge is 0.372 e. The SMILES string of the molecule is C[C@@H]1CN2c3c(cc4c(-c5cn(C)cn5)noc4c3F)CC3(C=NCN=C3)[C@H]2[C@H](C)O1. The maximum atomic E-state index is 16.0. The van der Waals surface area contributed by atoms with Crippen molar-refractivity contribution < 1.29 is 13.7 Å². The average molecular weight is 422 g/mol. The van der Waals surface area contributed by atoms with E-state index in [2.05, 4.69) is 25.0 Å². The third-order valence-corrected chi connectivity index (χ3v) is 6.55. The van der Waals surface area contributed by atoms with Crippen LogP contribution in [-0.4, -0.2) is 58.6 Å². The van der Waals surface area contributed by atoms with Crippen LogP contribution in [0, 0.1) is 11.2 Å². The Kier molecular flexibility index (Phi) is 3.89. The van der Waals surface area contributed by atoms with Crippen molar-refractivity contribution in [3.8, 4) is 11.4 Å². The highest BCUT2D eigenvalue weighted by atomic mass is 19.1. The van der Waals surface area contributed by atoms with Gasteiger partial charge in [-0.05, 0) is 31.9 Å². The Morgan fingerprint density at radius 1 is 1.23 bits per heavy atom. The first-order chi connectivity index (χ1) is 15.0. The smallest absolute Gasteiger partial charge is 0.205 e. The molecule has 0 amide bonds. The maximum absolute atomic E-state index is 16.0. The third-order valence-electron chi connectivity index (χ3n) is 6.55. The van der Waals surface area contributed by atoms with Crippen molar-refractivity contribution in [3.05, 3.63) is 30.0 Å². The van der Waals surface area contributed by atoms with Crippen molar-refractivity contribution in [1.29, 1.82) is 0 Å². The Labute approximate surface area is 178 Å². The molecule has 3 atom stereocenters. The number of hydrogen-bond donors (Lipinski definition) is 0. The van der Waals surface area contributed by atoms with Gasteiger partial charge in [0.2, 0.25) is 5.58 Å². The number of aromatic nitrogens is 3. The number of halogens is 1. The molecule has 3 aliphatic rings. The van der Waals surface area contributed by atoms with Crippen molar-refractivity contribution in [2.45, 2.75) is 38.5 Å². The maximum Gasteiger partial charge on any atom is 0.205 e. The molecule has 1 spiro atoms. The number of fused-ring (bicyclic) bond motifs is 5. The van der Waals surface area contributed by atoms with Gasteiger partial charge in [0.15, 0.2) is 5.82 Å². The van der Waals surface area contributed by atoms with E-state index in [1.165, 1.54) is 0 Å². The Hall–Kier alpha value is -3.07. The molecule has 5 heterocycles. The second-order valence-electron chi connectivity index (χ2n) is 8.83. The molecule has 0 N–H and O–H groups in total. The van der Waals surface area contributed by atoms with Gasteiger partial charge < -0.3 is 18.7 Å². The number of morpholine rings is 1. The quantitative estimate of drug-likeness (QED) is 0.602. The van der Waals surface area contributed by atoms with Gasteiger partial charge in [-0.15, -0.1) is 0 Å². The molecule has 8 nitrogen and oxygen atoms in total. The van der Waals surface area contributed by atoms with E-state index in [4.69, 9.17) is 9.26 Å². The predicted molar refractivity (Wildman–Crippen MR) is 115 cm³/mol. The lowest BCUT2D eigenvalue weighted by atomic mass is 9.69. The third kappa shape index (κ3) is 2.62. The molecule has 6 rings (SSSR count). The molecule has 1 aromatic carbocycles. The summed E-state index contributed by atoms with van der Waals surface area (Å²) in [5, 5.41) is 4.79. The Balaban J connectivity index is 1.59. The fourth-order valence-corrected chi connectivity index (χ4v) is 5.51. The van der Waals surface area contributed by atoms with Crippen molar-refractivity contribution in [2.75, 3.05) is 18.1 Å². The highest BCUT2D eigenvalue weighted by Crippen LogP contribution is 2.48. The van der Waals surface area contributed by atoms with Gasteiger partial charge in [0, 0.05) is 32.2 Å². The normalized spacial score (nSPS) is 26.5. The zero-order chi connectivity index (χ0) is 21.3. The van der Waals surface area contributed by atoms with Gasteiger partial charge in [0.25, 0.3) is 0 Å². The number of aliphatic imine (C=N–C) groups is 2. The standard InChI is InChI=1S/C22H23FN6O2/c1-12-6-29-19-14(5-22(8-24-10-25-9-22)21(29)13(2)30-12)4-15-18(16-7-28(3)11-26-16)27-31-20(15)17(19)23/h4,7-9,11-13,21H,5-6,10H2,1-3H3/t12-,13+,21-/m1/s1. The van der Waals surface area contributed by atoms with Crippen LogP contribution in [-0.2, 0) is 18.2 Å². The minimum atomic E-state index is -0.451. The van der Waals surface area contributed by atoms with Crippen LogP contribution in [0.2, 0.25) is 0 Å². The summed E-state index contributed by atoms with van der Waals surface area (Å²) in [4.78, 5) is 15.4. The highest BCUT2D eigenvalue weighted by molar-refractivity contribution is 5.98. The molecule has 0 radical (unpaired) electrons. The van der Waals surface area contributed by atoms with E-state index in [0.717, 1.165) is 5.56 Å². The summed E-state index contributed by atoms with van der Waals surface area (Å²) in [5.41, 5.74) is 2.37. The van der Waals surface area contributed by atoms with Crippen molar-refractivity contribution in [2.24, 2.45) is 22.4 Å². The molecular formula is C22H23FN6O2. The van der Waals surface area contributed by atoms with Crippen LogP contribution in [0.1, 0.15) is 19.4 Å². The molecule has 0 unspecified atom stereocenters. The summed E-state index contributed by atoms with van der Waals surface area (Å²) in [6, 6.07) is 1.89. The number of ether oxygens (including phenoxy) is 1. The van der Waals surface area contributed by atoms with Gasteiger partial charge in [0.05, 0.1) is 41.1 Å². The number of nitrogens with zero attached hydrogens (tertiary/aromatic N) is 6. The van der Waals surface area contributed by atoms with E-state index in [1.807, 2.05) is 50.2 Å². The predicted octanol–water partition coefficient (Wildman–Crippen LogP) is 3.00. The Morgan fingerprint density at radius 2 is 2.03 bits per heavy atom. The van der Waals surface area contributed by atoms with Gasteiger partial charge in [-0.1, -0.05) is 5.16 Å². The van der Waals surface area contributed by atoms with Gasteiger partial charge in [-0.3, -0.25) is 9.98 Å². The first-order valence-corrected chi connectivity index (χ1v) is 10.5. The molecule has 1 saturated heterocycles. The summed E-state index contributed by atoms with van der Waals surface area (Å²) in [7, 11) is 1.88. The molecule has 1 fully saturated rings. The summed E-state index contributed by atoms with van der Waals surface area (Å²) in [6.45, 7) is 5.06. The number of hydrogen-bond acceptors (Lipinski definition) is 7. The molecule has 31 heavy (non-hydrogen) atoms. The molecule has 0 aliphatic carbocycles.